The Hall–Kier alpha value is -1.10. The highest BCUT2D eigenvalue weighted by atomic mass is 16.7. The maximum Gasteiger partial charge on any atom is 0.308 e. The minimum atomic E-state index is -1.43. The topological polar surface area (TPSA) is 83.8 Å². The first kappa shape index (κ1) is 12.4. The number of hydrogen-bond donors (Lipinski definition) is 2. The first-order valence-electron chi connectivity index (χ1n) is 6.14. The fraction of sp³-hybridized carbons (Fsp3) is 0.833. The van der Waals surface area contributed by atoms with E-state index < -0.39 is 17.2 Å². The van der Waals surface area contributed by atoms with Gasteiger partial charge in [0.1, 0.15) is 0 Å². The Morgan fingerprint density at radius 1 is 1.29 bits per heavy atom. The van der Waals surface area contributed by atoms with Gasteiger partial charge in [0.05, 0.1) is 0 Å². The van der Waals surface area contributed by atoms with Crippen LogP contribution in [0, 0.1) is 5.41 Å². The quantitative estimate of drug-likeness (QED) is 0.731. The molecule has 1 saturated heterocycles. The number of fused-ring (bicyclic) bond motifs is 1. The van der Waals surface area contributed by atoms with Crippen molar-refractivity contribution in [1.82, 2.24) is 0 Å². The molecule has 96 valence electrons. The molecule has 0 radical (unpaired) electrons. The summed E-state index contributed by atoms with van der Waals surface area (Å²) in [6.45, 7) is 0. The monoisotopic (exact) mass is 242 g/mol. The number of aliphatic hydroxyl groups is 1. The summed E-state index contributed by atoms with van der Waals surface area (Å²) < 4.78 is 5.14. The second kappa shape index (κ2) is 4.29. The van der Waals surface area contributed by atoms with Gasteiger partial charge in [-0.2, -0.15) is 0 Å². The highest BCUT2D eigenvalue weighted by Crippen LogP contribution is 2.53. The van der Waals surface area contributed by atoms with Crippen LogP contribution in [0.2, 0.25) is 0 Å². The fourth-order valence-corrected chi connectivity index (χ4v) is 3.14. The maximum absolute atomic E-state index is 11.3. The predicted octanol–water partition coefficient (Wildman–Crippen LogP) is 1.44. The van der Waals surface area contributed by atoms with Crippen molar-refractivity contribution in [2.24, 2.45) is 5.41 Å². The molecule has 0 spiro atoms. The van der Waals surface area contributed by atoms with Crippen LogP contribution >= 0.6 is 0 Å². The van der Waals surface area contributed by atoms with E-state index in [2.05, 4.69) is 0 Å². The lowest BCUT2D eigenvalue weighted by Gasteiger charge is -2.51. The van der Waals surface area contributed by atoms with E-state index in [1.54, 1.807) is 0 Å². The molecule has 0 aromatic rings. The fourth-order valence-electron chi connectivity index (χ4n) is 3.14. The molecule has 1 aliphatic heterocycles. The van der Waals surface area contributed by atoms with Gasteiger partial charge in [-0.05, 0) is 25.7 Å². The number of hydrogen-bond acceptors (Lipinski definition) is 4. The Bertz CT molecular complexity index is 340. The molecule has 2 aliphatic rings. The first-order chi connectivity index (χ1) is 7.97. The molecule has 2 N–H and O–H groups in total. The predicted molar refractivity (Wildman–Crippen MR) is 58.0 cm³/mol. The Morgan fingerprint density at radius 2 is 2.00 bits per heavy atom. The number of aliphatic carboxylic acids is 1. The molecule has 2 unspecified atom stereocenters. The highest BCUT2D eigenvalue weighted by molar-refractivity contribution is 5.71. The van der Waals surface area contributed by atoms with Crippen LogP contribution in [-0.4, -0.2) is 27.9 Å². The average Bonchev–Trinajstić information content (AvgIpc) is 2.26. The normalized spacial score (nSPS) is 37.1. The minimum Gasteiger partial charge on any atom is -0.481 e. The summed E-state index contributed by atoms with van der Waals surface area (Å²) >= 11 is 0. The number of carbonyl (C=O) groups excluding carboxylic acids is 1. The molecule has 1 heterocycles. The van der Waals surface area contributed by atoms with Crippen LogP contribution in [0.25, 0.3) is 0 Å². The van der Waals surface area contributed by atoms with Gasteiger partial charge < -0.3 is 14.9 Å². The number of ether oxygens (including phenoxy) is 1. The van der Waals surface area contributed by atoms with Gasteiger partial charge >= 0.3 is 11.9 Å². The largest absolute Gasteiger partial charge is 0.481 e. The average molecular weight is 242 g/mol. The summed E-state index contributed by atoms with van der Waals surface area (Å²) in [6.07, 6.45) is 4.16. The van der Waals surface area contributed by atoms with Gasteiger partial charge in [-0.1, -0.05) is 6.42 Å². The third kappa shape index (κ3) is 2.16. The Balaban J connectivity index is 2.19. The van der Waals surface area contributed by atoms with Crippen LogP contribution in [0.5, 0.6) is 0 Å². The molecule has 17 heavy (non-hydrogen) atoms. The summed E-state index contributed by atoms with van der Waals surface area (Å²) in [7, 11) is 0. The van der Waals surface area contributed by atoms with Crippen LogP contribution in [0.3, 0.4) is 0 Å². The smallest absolute Gasteiger partial charge is 0.308 e. The van der Waals surface area contributed by atoms with Crippen molar-refractivity contribution in [1.29, 1.82) is 0 Å². The lowest BCUT2D eigenvalue weighted by Crippen LogP contribution is -2.56. The van der Waals surface area contributed by atoms with E-state index in [1.807, 2.05) is 0 Å². The van der Waals surface area contributed by atoms with Gasteiger partial charge in [-0.25, -0.2) is 0 Å². The Labute approximate surface area is 99.8 Å². The molecule has 1 aliphatic carbocycles. The van der Waals surface area contributed by atoms with Gasteiger partial charge in [-0.3, -0.25) is 9.59 Å². The molecule has 0 aromatic heterocycles. The van der Waals surface area contributed by atoms with E-state index >= 15 is 0 Å². The van der Waals surface area contributed by atoms with Gasteiger partial charge in [0.25, 0.3) is 0 Å². The number of esters is 1. The third-order valence-electron chi connectivity index (χ3n) is 4.16. The summed E-state index contributed by atoms with van der Waals surface area (Å²) in [4.78, 5) is 22.0. The minimum absolute atomic E-state index is 0.0138. The molecule has 2 atom stereocenters. The number of carboxylic acids is 1. The van der Waals surface area contributed by atoms with E-state index in [9.17, 15) is 14.7 Å². The van der Waals surface area contributed by atoms with Crippen molar-refractivity contribution in [2.75, 3.05) is 0 Å². The number of carboxylic acid groups (broad SMARTS) is 1. The molecule has 0 aromatic carbocycles. The molecule has 0 amide bonds. The van der Waals surface area contributed by atoms with Crippen LogP contribution in [-0.2, 0) is 14.3 Å². The molecule has 0 bridgehead atoms. The summed E-state index contributed by atoms with van der Waals surface area (Å²) in [5, 5.41) is 19.3. The second-order valence-corrected chi connectivity index (χ2v) is 5.14. The summed E-state index contributed by atoms with van der Waals surface area (Å²) in [5.74, 6) is -2.68. The lowest BCUT2D eigenvalue weighted by atomic mass is 9.63. The lowest BCUT2D eigenvalue weighted by molar-refractivity contribution is -0.294. The van der Waals surface area contributed by atoms with E-state index in [1.165, 1.54) is 0 Å². The van der Waals surface area contributed by atoms with Crippen molar-refractivity contribution in [3.05, 3.63) is 0 Å². The van der Waals surface area contributed by atoms with E-state index in [-0.39, 0.29) is 18.8 Å². The van der Waals surface area contributed by atoms with Crippen molar-refractivity contribution >= 4 is 11.9 Å². The molecular formula is C12H18O5. The van der Waals surface area contributed by atoms with Crippen LogP contribution in [0.4, 0.5) is 0 Å². The van der Waals surface area contributed by atoms with E-state index in [4.69, 9.17) is 9.84 Å². The molecule has 2 fully saturated rings. The van der Waals surface area contributed by atoms with Crippen molar-refractivity contribution in [3.8, 4) is 0 Å². The van der Waals surface area contributed by atoms with Crippen molar-refractivity contribution in [2.45, 2.75) is 57.2 Å². The van der Waals surface area contributed by atoms with Gasteiger partial charge in [-0.15, -0.1) is 0 Å². The van der Waals surface area contributed by atoms with Crippen LogP contribution in [0.15, 0.2) is 0 Å². The van der Waals surface area contributed by atoms with E-state index in [0.29, 0.717) is 19.3 Å². The molecule has 1 saturated carbocycles. The van der Waals surface area contributed by atoms with Crippen LogP contribution in [0.1, 0.15) is 51.4 Å². The van der Waals surface area contributed by atoms with E-state index in [0.717, 1.165) is 19.3 Å². The third-order valence-corrected chi connectivity index (χ3v) is 4.16. The second-order valence-electron chi connectivity index (χ2n) is 5.14. The Morgan fingerprint density at radius 3 is 2.71 bits per heavy atom. The maximum atomic E-state index is 11.3. The zero-order valence-electron chi connectivity index (χ0n) is 9.78. The summed E-state index contributed by atoms with van der Waals surface area (Å²) in [5.41, 5.74) is -0.544. The van der Waals surface area contributed by atoms with Gasteiger partial charge in [0.2, 0.25) is 5.79 Å². The summed E-state index contributed by atoms with van der Waals surface area (Å²) in [6, 6.07) is 0. The first-order valence-corrected chi connectivity index (χ1v) is 6.14. The van der Waals surface area contributed by atoms with Crippen molar-refractivity contribution in [3.63, 3.8) is 0 Å². The molecular weight excluding hydrogens is 224 g/mol. The molecule has 2 rings (SSSR count). The standard InChI is InChI=1S/C12H18O5/c13-9(14)3-7-11-5-1-2-6-12(11,16)17-10(15)4-8-11/h16H,1-8H2,(H,13,14). The zero-order chi connectivity index (χ0) is 12.5. The van der Waals surface area contributed by atoms with Gasteiger partial charge in [0, 0.05) is 24.7 Å². The Kier molecular flexibility index (Phi) is 3.12. The number of rotatable bonds is 3. The SMILES string of the molecule is O=C(O)CCC12CCCCC1(O)OC(=O)CC2. The highest BCUT2D eigenvalue weighted by Gasteiger charge is 2.56. The molecule has 5 heteroatoms. The van der Waals surface area contributed by atoms with Crippen molar-refractivity contribution < 1.29 is 24.5 Å². The zero-order valence-corrected chi connectivity index (χ0v) is 9.78. The van der Waals surface area contributed by atoms with Gasteiger partial charge in [0.15, 0.2) is 0 Å². The molecule has 5 nitrogen and oxygen atoms in total. The van der Waals surface area contributed by atoms with Crippen LogP contribution < -0.4 is 0 Å². The number of carbonyl (C=O) groups is 2.